The molecule has 0 unspecified atom stereocenters. The van der Waals surface area contributed by atoms with E-state index in [9.17, 15) is 4.79 Å². The van der Waals surface area contributed by atoms with Crippen LogP contribution in [0.3, 0.4) is 0 Å². The van der Waals surface area contributed by atoms with Crippen molar-refractivity contribution in [3.05, 3.63) is 29.6 Å². The van der Waals surface area contributed by atoms with Gasteiger partial charge in [-0.2, -0.15) is 0 Å². The fraction of sp³-hybridized carbons (Fsp3) is 0.682. The normalized spacial score (nSPS) is 23.6. The first kappa shape index (κ1) is 18.0. The van der Waals surface area contributed by atoms with Crippen molar-refractivity contribution < 1.29 is 13.9 Å². The number of hydrogen-bond acceptors (Lipinski definition) is 2. The summed E-state index contributed by atoms with van der Waals surface area (Å²) in [6.45, 7) is 3.65. The van der Waals surface area contributed by atoms with Crippen molar-refractivity contribution in [3.63, 3.8) is 0 Å². The summed E-state index contributed by atoms with van der Waals surface area (Å²) in [5.74, 6) is -0.00715. The molecule has 1 aromatic carbocycles. The van der Waals surface area contributed by atoms with Gasteiger partial charge in [0.25, 0.3) is 0 Å². The lowest BCUT2D eigenvalue weighted by molar-refractivity contribution is -0.123. The van der Waals surface area contributed by atoms with Crippen LogP contribution < -0.4 is 4.90 Å². The van der Waals surface area contributed by atoms with Crippen molar-refractivity contribution >= 4 is 11.6 Å². The van der Waals surface area contributed by atoms with Crippen LogP contribution in [0.5, 0.6) is 0 Å². The number of carbonyl (C=O) groups is 1. The maximum atomic E-state index is 15.2. The number of carbonyl (C=O) groups excluding carboxylic acids is 1. The van der Waals surface area contributed by atoms with E-state index in [4.69, 9.17) is 4.74 Å². The van der Waals surface area contributed by atoms with Crippen LogP contribution in [0.15, 0.2) is 18.2 Å². The van der Waals surface area contributed by atoms with Gasteiger partial charge in [0.05, 0.1) is 5.69 Å². The predicted octanol–water partition coefficient (Wildman–Crippen LogP) is 4.97. The maximum absolute atomic E-state index is 15.2. The van der Waals surface area contributed by atoms with Crippen LogP contribution in [0.25, 0.3) is 0 Å². The molecule has 3 aliphatic rings. The van der Waals surface area contributed by atoms with E-state index in [2.05, 4.69) is 6.92 Å². The van der Waals surface area contributed by atoms with Gasteiger partial charge in [0.15, 0.2) is 0 Å². The highest BCUT2D eigenvalue weighted by Gasteiger charge is 2.37. The quantitative estimate of drug-likeness (QED) is 0.760. The Labute approximate surface area is 155 Å². The summed E-state index contributed by atoms with van der Waals surface area (Å²) in [7, 11) is 0. The second-order valence-corrected chi connectivity index (χ2v) is 8.61. The van der Waals surface area contributed by atoms with Crippen LogP contribution in [0.1, 0.15) is 70.3 Å². The Morgan fingerprint density at radius 2 is 1.81 bits per heavy atom. The van der Waals surface area contributed by atoms with E-state index in [1.165, 1.54) is 0 Å². The van der Waals surface area contributed by atoms with Gasteiger partial charge in [-0.1, -0.05) is 25.8 Å². The standard InChI is InChI=1S/C22H30FNO2/c1-22(11-13-26-14-12-22)17-9-10-20(19(23)15-17)24(18-7-4-8-18)21(25)16-5-2-3-6-16/h9-10,15-16,18H,2-8,11-14H2,1H3. The van der Waals surface area contributed by atoms with E-state index in [0.29, 0.717) is 5.69 Å². The number of hydrogen-bond donors (Lipinski definition) is 0. The van der Waals surface area contributed by atoms with E-state index in [1.54, 1.807) is 6.07 Å². The topological polar surface area (TPSA) is 29.5 Å². The van der Waals surface area contributed by atoms with Crippen LogP contribution in [0, 0.1) is 11.7 Å². The van der Waals surface area contributed by atoms with Crippen molar-refractivity contribution in [2.75, 3.05) is 18.1 Å². The number of nitrogens with zero attached hydrogens (tertiary/aromatic N) is 1. The first-order chi connectivity index (χ1) is 12.6. The van der Waals surface area contributed by atoms with Gasteiger partial charge < -0.3 is 9.64 Å². The number of ether oxygens (including phenoxy) is 1. The van der Waals surface area contributed by atoms with E-state index in [1.807, 2.05) is 17.0 Å². The number of amides is 1. The summed E-state index contributed by atoms with van der Waals surface area (Å²) in [5.41, 5.74) is 1.49. The Bertz CT molecular complexity index is 658. The summed E-state index contributed by atoms with van der Waals surface area (Å²) >= 11 is 0. The molecule has 3 nitrogen and oxygen atoms in total. The molecular weight excluding hydrogens is 329 g/mol. The van der Waals surface area contributed by atoms with Gasteiger partial charge >= 0.3 is 0 Å². The Balaban J connectivity index is 1.62. The molecule has 1 heterocycles. The molecule has 2 aliphatic carbocycles. The highest BCUT2D eigenvalue weighted by molar-refractivity contribution is 5.96. The Morgan fingerprint density at radius 1 is 1.12 bits per heavy atom. The minimum Gasteiger partial charge on any atom is -0.381 e. The van der Waals surface area contributed by atoms with Gasteiger partial charge in [-0.15, -0.1) is 0 Å². The lowest BCUT2D eigenvalue weighted by Gasteiger charge is -2.40. The van der Waals surface area contributed by atoms with Crippen molar-refractivity contribution in [2.24, 2.45) is 5.92 Å². The molecule has 0 aromatic heterocycles. The number of anilines is 1. The van der Waals surface area contributed by atoms with Crippen LogP contribution >= 0.6 is 0 Å². The monoisotopic (exact) mass is 359 g/mol. The third-order valence-corrected chi connectivity index (χ3v) is 6.88. The summed E-state index contributed by atoms with van der Waals surface area (Å²) in [5, 5.41) is 0. The molecule has 4 heteroatoms. The van der Waals surface area contributed by atoms with Crippen LogP contribution in [0.2, 0.25) is 0 Å². The van der Waals surface area contributed by atoms with Gasteiger partial charge in [0, 0.05) is 25.2 Å². The number of rotatable bonds is 4. The zero-order valence-electron chi connectivity index (χ0n) is 15.8. The zero-order chi connectivity index (χ0) is 18.1. The molecule has 0 radical (unpaired) electrons. The van der Waals surface area contributed by atoms with E-state index >= 15 is 4.39 Å². The molecule has 142 valence electrons. The number of halogens is 1. The minimum atomic E-state index is -0.242. The molecule has 26 heavy (non-hydrogen) atoms. The van der Waals surface area contributed by atoms with Crippen molar-refractivity contribution in [3.8, 4) is 0 Å². The largest absolute Gasteiger partial charge is 0.381 e. The van der Waals surface area contributed by atoms with Gasteiger partial charge in [-0.05, 0) is 68.1 Å². The molecule has 0 atom stereocenters. The molecule has 1 aromatic rings. The fourth-order valence-electron chi connectivity index (χ4n) is 4.70. The van der Waals surface area contributed by atoms with E-state index < -0.39 is 0 Å². The highest BCUT2D eigenvalue weighted by atomic mass is 19.1. The lowest BCUT2D eigenvalue weighted by atomic mass is 9.76. The minimum absolute atomic E-state index is 0.0334. The average molecular weight is 359 g/mol. The van der Waals surface area contributed by atoms with Gasteiger partial charge in [-0.3, -0.25) is 4.79 Å². The molecule has 2 saturated carbocycles. The average Bonchev–Trinajstić information content (AvgIpc) is 3.13. The van der Waals surface area contributed by atoms with Gasteiger partial charge in [0.1, 0.15) is 5.82 Å². The molecule has 0 bridgehead atoms. The van der Waals surface area contributed by atoms with Crippen LogP contribution in [-0.2, 0) is 14.9 Å². The Hall–Kier alpha value is -1.42. The van der Waals surface area contributed by atoms with Crippen LogP contribution in [-0.4, -0.2) is 25.2 Å². The second kappa shape index (κ2) is 7.30. The molecular formula is C22H30FNO2. The number of benzene rings is 1. The third kappa shape index (κ3) is 3.28. The first-order valence-corrected chi connectivity index (χ1v) is 10.3. The molecule has 1 aliphatic heterocycles. The van der Waals surface area contributed by atoms with Crippen molar-refractivity contribution in [2.45, 2.75) is 76.2 Å². The fourth-order valence-corrected chi connectivity index (χ4v) is 4.70. The first-order valence-electron chi connectivity index (χ1n) is 10.3. The summed E-state index contributed by atoms with van der Waals surface area (Å²) < 4.78 is 20.6. The van der Waals surface area contributed by atoms with Crippen LogP contribution in [0.4, 0.5) is 10.1 Å². The summed E-state index contributed by atoms with van der Waals surface area (Å²) in [4.78, 5) is 14.9. The highest BCUT2D eigenvalue weighted by Crippen LogP contribution is 2.39. The van der Waals surface area contributed by atoms with E-state index in [-0.39, 0.29) is 29.1 Å². The molecule has 3 fully saturated rings. The predicted molar refractivity (Wildman–Crippen MR) is 101 cm³/mol. The Kier molecular flexibility index (Phi) is 5.05. The van der Waals surface area contributed by atoms with Gasteiger partial charge in [0.2, 0.25) is 5.91 Å². The smallest absolute Gasteiger partial charge is 0.230 e. The molecule has 4 rings (SSSR count). The molecule has 0 N–H and O–H groups in total. The van der Waals surface area contributed by atoms with Crippen molar-refractivity contribution in [1.82, 2.24) is 0 Å². The zero-order valence-corrected chi connectivity index (χ0v) is 15.8. The SMILES string of the molecule is CC1(c2ccc(N(C(=O)C3CCCC3)C3CCC3)c(F)c2)CCOCC1. The lowest BCUT2D eigenvalue weighted by Crippen LogP contribution is -2.47. The second-order valence-electron chi connectivity index (χ2n) is 8.61. The van der Waals surface area contributed by atoms with Gasteiger partial charge in [-0.25, -0.2) is 4.39 Å². The Morgan fingerprint density at radius 3 is 2.38 bits per heavy atom. The maximum Gasteiger partial charge on any atom is 0.230 e. The van der Waals surface area contributed by atoms with Crippen molar-refractivity contribution in [1.29, 1.82) is 0 Å². The third-order valence-electron chi connectivity index (χ3n) is 6.88. The molecule has 1 amide bonds. The molecule has 0 spiro atoms. The summed E-state index contributed by atoms with van der Waals surface area (Å²) in [6, 6.07) is 5.75. The van der Waals surface area contributed by atoms with E-state index in [0.717, 1.165) is 76.6 Å². The molecule has 1 saturated heterocycles. The summed E-state index contributed by atoms with van der Waals surface area (Å²) in [6.07, 6.45) is 9.12.